The Labute approximate surface area is 205 Å². The topological polar surface area (TPSA) is 60.3 Å². The molecule has 2 aromatic carbocycles. The van der Waals surface area contributed by atoms with Crippen LogP contribution < -0.4 is 14.9 Å². The summed E-state index contributed by atoms with van der Waals surface area (Å²) in [6, 6.07) is 13.9. The minimum Gasteiger partial charge on any atom is -0.497 e. The van der Waals surface area contributed by atoms with Gasteiger partial charge in [0, 0.05) is 21.7 Å². The molecule has 1 N–H and O–H groups in total. The predicted molar refractivity (Wildman–Crippen MR) is 132 cm³/mol. The summed E-state index contributed by atoms with van der Waals surface area (Å²) in [4.78, 5) is 26.9. The quantitative estimate of drug-likeness (QED) is 0.517. The molecule has 2 aliphatic carbocycles. The van der Waals surface area contributed by atoms with Crippen LogP contribution in [0.3, 0.4) is 0 Å². The fraction of sp³-hybridized carbons (Fsp3) is 0.385. The number of carbonyl (C=O) groups is 1. The van der Waals surface area contributed by atoms with Gasteiger partial charge < -0.3 is 10.1 Å². The number of anilines is 1. The molecule has 2 heterocycles. The lowest BCUT2D eigenvalue weighted by Crippen LogP contribution is -2.34. The van der Waals surface area contributed by atoms with E-state index in [1.165, 1.54) is 42.7 Å². The summed E-state index contributed by atoms with van der Waals surface area (Å²) in [6.07, 6.45) is 3.70. The molecule has 5 atom stereocenters. The van der Waals surface area contributed by atoms with E-state index in [2.05, 4.69) is 5.32 Å². The van der Waals surface area contributed by atoms with Gasteiger partial charge in [-0.25, -0.2) is 4.39 Å². The van der Waals surface area contributed by atoms with Crippen molar-refractivity contribution in [1.29, 1.82) is 0 Å². The van der Waals surface area contributed by atoms with Crippen LogP contribution in [-0.4, -0.2) is 22.8 Å². The number of methoxy groups -OCH3 is 1. The molecule has 0 saturated heterocycles. The van der Waals surface area contributed by atoms with Gasteiger partial charge in [-0.3, -0.25) is 14.2 Å². The molecule has 8 heteroatoms. The van der Waals surface area contributed by atoms with Crippen molar-refractivity contribution < 1.29 is 13.9 Å². The van der Waals surface area contributed by atoms with Crippen LogP contribution in [0.1, 0.15) is 35.6 Å². The molecule has 2 fully saturated rings. The summed E-state index contributed by atoms with van der Waals surface area (Å²) in [5.74, 6) is 2.07. The number of aromatic nitrogens is 1. The highest BCUT2D eigenvalue weighted by Crippen LogP contribution is 2.64. The first kappa shape index (κ1) is 21.9. The van der Waals surface area contributed by atoms with E-state index in [0.29, 0.717) is 34.4 Å². The lowest BCUT2D eigenvalue weighted by atomic mass is 9.75. The van der Waals surface area contributed by atoms with Crippen molar-refractivity contribution in [2.45, 2.75) is 42.0 Å². The van der Waals surface area contributed by atoms with E-state index >= 15 is 0 Å². The Kier molecular flexibility index (Phi) is 5.53. The van der Waals surface area contributed by atoms with E-state index in [1.807, 2.05) is 12.1 Å². The number of fused-ring (bicyclic) bond motifs is 6. The summed E-state index contributed by atoms with van der Waals surface area (Å²) in [7, 11) is 1.59. The Balaban J connectivity index is 1.33. The Morgan fingerprint density at radius 1 is 1.12 bits per heavy atom. The summed E-state index contributed by atoms with van der Waals surface area (Å²) in [6.45, 7) is -0.0225. The molecule has 1 amide bonds. The number of amides is 1. The van der Waals surface area contributed by atoms with Crippen LogP contribution in [0.4, 0.5) is 10.1 Å². The second kappa shape index (κ2) is 8.57. The number of rotatable bonds is 5. The van der Waals surface area contributed by atoms with Crippen molar-refractivity contribution in [2.24, 2.45) is 17.8 Å². The van der Waals surface area contributed by atoms with Crippen LogP contribution in [0.15, 0.2) is 58.4 Å². The lowest BCUT2D eigenvalue weighted by Gasteiger charge is -2.40. The number of hydrogen-bond acceptors (Lipinski definition) is 5. The molecule has 3 aromatic rings. The van der Waals surface area contributed by atoms with E-state index in [1.54, 1.807) is 47.7 Å². The second-order valence-electron chi connectivity index (χ2n) is 9.42. The first-order valence-electron chi connectivity index (χ1n) is 11.6. The van der Waals surface area contributed by atoms with Gasteiger partial charge in [-0.15, -0.1) is 11.8 Å². The van der Waals surface area contributed by atoms with Gasteiger partial charge in [-0.2, -0.15) is 0 Å². The summed E-state index contributed by atoms with van der Waals surface area (Å²) in [5, 5.41) is 4.24. The number of hydrogen-bond donors (Lipinski definition) is 1. The van der Waals surface area contributed by atoms with Gasteiger partial charge in [0.1, 0.15) is 18.1 Å². The molecule has 6 rings (SSSR count). The van der Waals surface area contributed by atoms with E-state index in [0.717, 1.165) is 15.5 Å². The van der Waals surface area contributed by atoms with E-state index in [4.69, 9.17) is 4.74 Å². The summed E-state index contributed by atoms with van der Waals surface area (Å²) in [5.41, 5.74) is 1.73. The third kappa shape index (κ3) is 3.67. The summed E-state index contributed by atoms with van der Waals surface area (Å²) >= 11 is 3.05. The van der Waals surface area contributed by atoms with Crippen molar-refractivity contribution in [2.75, 3.05) is 12.4 Å². The zero-order valence-electron chi connectivity index (χ0n) is 18.7. The molecule has 176 valence electrons. The van der Waals surface area contributed by atoms with Crippen molar-refractivity contribution in [1.82, 2.24) is 4.57 Å². The fourth-order valence-electron chi connectivity index (χ4n) is 6.15. The largest absolute Gasteiger partial charge is 0.497 e. The number of halogens is 1. The number of thioether (sulfide) groups is 1. The van der Waals surface area contributed by atoms with Crippen LogP contribution in [0, 0.1) is 23.6 Å². The molecular formula is C26H25FN2O3S2. The van der Waals surface area contributed by atoms with E-state index in [-0.39, 0.29) is 29.1 Å². The first-order chi connectivity index (χ1) is 16.5. The van der Waals surface area contributed by atoms with Gasteiger partial charge in [0.25, 0.3) is 0 Å². The van der Waals surface area contributed by atoms with Crippen LogP contribution in [0.25, 0.3) is 0 Å². The smallest absolute Gasteiger partial charge is 0.308 e. The average molecular weight is 497 g/mol. The molecule has 5 nitrogen and oxygen atoms in total. The van der Waals surface area contributed by atoms with Gasteiger partial charge in [0.2, 0.25) is 5.91 Å². The Morgan fingerprint density at radius 3 is 2.59 bits per heavy atom. The Morgan fingerprint density at radius 2 is 1.85 bits per heavy atom. The fourth-order valence-corrected chi connectivity index (χ4v) is 9.30. The SMILES string of the molecule is COc1ccc(NC(=O)Cn2c3c(sc2=O)[C@H](c2ccc(F)cc2)C2C4CCC(C4)C2S3)cc1. The minimum absolute atomic E-state index is 0.0225. The van der Waals surface area contributed by atoms with Crippen molar-refractivity contribution >= 4 is 34.7 Å². The zero-order chi connectivity index (χ0) is 23.4. The standard InChI is InChI=1S/C26H25FN2O3S2/c1-32-19-10-8-18(9-11-19)28-20(30)13-29-25-24(34-26(29)31)21(14-4-6-17(27)7-5-14)22-15-2-3-16(12-15)23(22)33-25/h4-11,15-16,21-23H,2-3,12-13H2,1H3,(H,28,30)/t15?,16?,21-,22?,23?/m1/s1. The molecule has 4 unspecified atom stereocenters. The maximum Gasteiger partial charge on any atom is 0.308 e. The maximum absolute atomic E-state index is 13.7. The molecule has 1 aliphatic heterocycles. The monoisotopic (exact) mass is 496 g/mol. The van der Waals surface area contributed by atoms with Crippen LogP contribution in [0.2, 0.25) is 0 Å². The lowest BCUT2D eigenvalue weighted by molar-refractivity contribution is -0.116. The van der Waals surface area contributed by atoms with Gasteiger partial charge >= 0.3 is 4.87 Å². The molecule has 34 heavy (non-hydrogen) atoms. The molecule has 1 aromatic heterocycles. The Hall–Kier alpha value is -2.58. The minimum atomic E-state index is -0.250. The number of nitrogens with one attached hydrogen (secondary N) is 1. The zero-order valence-corrected chi connectivity index (χ0v) is 20.3. The second-order valence-corrected chi connectivity index (χ2v) is 11.6. The predicted octanol–water partition coefficient (Wildman–Crippen LogP) is 5.35. The highest BCUT2D eigenvalue weighted by Gasteiger charge is 2.55. The summed E-state index contributed by atoms with van der Waals surface area (Å²) < 4.78 is 20.5. The van der Waals surface area contributed by atoms with Gasteiger partial charge in [0.15, 0.2) is 0 Å². The van der Waals surface area contributed by atoms with Crippen molar-refractivity contribution in [3.8, 4) is 5.75 Å². The normalized spacial score (nSPS) is 26.7. The van der Waals surface area contributed by atoms with Crippen LogP contribution >= 0.6 is 23.1 Å². The van der Waals surface area contributed by atoms with Gasteiger partial charge in [-0.05, 0) is 79.0 Å². The van der Waals surface area contributed by atoms with Crippen LogP contribution in [0.5, 0.6) is 5.75 Å². The molecular weight excluding hydrogens is 471 g/mol. The van der Waals surface area contributed by atoms with E-state index in [9.17, 15) is 14.0 Å². The average Bonchev–Trinajstić information content (AvgIpc) is 3.53. The molecule has 0 radical (unpaired) electrons. The van der Waals surface area contributed by atoms with E-state index < -0.39 is 0 Å². The number of ether oxygens (including phenoxy) is 1. The number of nitrogens with zero attached hydrogens (tertiary/aromatic N) is 1. The number of benzene rings is 2. The van der Waals surface area contributed by atoms with Gasteiger partial charge in [-0.1, -0.05) is 23.5 Å². The highest BCUT2D eigenvalue weighted by molar-refractivity contribution is 8.00. The molecule has 2 bridgehead atoms. The number of carbonyl (C=O) groups excluding carboxylic acids is 1. The van der Waals surface area contributed by atoms with Gasteiger partial charge in [0.05, 0.1) is 12.1 Å². The molecule has 3 aliphatic rings. The third-order valence-electron chi connectivity index (χ3n) is 7.60. The van der Waals surface area contributed by atoms with Crippen molar-refractivity contribution in [3.63, 3.8) is 0 Å². The highest BCUT2D eigenvalue weighted by atomic mass is 32.2. The molecule has 2 saturated carbocycles. The number of thiazole rings is 1. The first-order valence-corrected chi connectivity index (χ1v) is 13.3. The van der Waals surface area contributed by atoms with Crippen LogP contribution in [-0.2, 0) is 11.3 Å². The molecule has 0 spiro atoms. The maximum atomic E-state index is 13.7. The van der Waals surface area contributed by atoms with Crippen molar-refractivity contribution in [3.05, 3.63) is 74.5 Å². The third-order valence-corrected chi connectivity index (χ3v) is 10.4. The Bertz CT molecular complexity index is 1280.